The van der Waals surface area contributed by atoms with Gasteiger partial charge < -0.3 is 34.7 Å². The van der Waals surface area contributed by atoms with Crippen LogP contribution in [0.15, 0.2) is 60.7 Å². The molecule has 4 N–H and O–H groups in total. The van der Waals surface area contributed by atoms with Gasteiger partial charge in [-0.15, -0.1) is 0 Å². The Morgan fingerprint density at radius 1 is 0.935 bits per heavy atom. The van der Waals surface area contributed by atoms with Gasteiger partial charge in [0.15, 0.2) is 11.5 Å². The molecular formula is C24H26N2O5. The van der Waals surface area contributed by atoms with E-state index in [4.69, 9.17) is 14.2 Å². The monoisotopic (exact) mass is 422 g/mol. The zero-order chi connectivity index (χ0) is 21.6. The Balaban J connectivity index is 1.28. The van der Waals surface area contributed by atoms with Crippen molar-refractivity contribution in [3.05, 3.63) is 60.7 Å². The molecule has 0 fully saturated rings. The van der Waals surface area contributed by atoms with Crippen molar-refractivity contribution in [2.24, 2.45) is 0 Å². The molecule has 0 amide bonds. The molecule has 0 bridgehead atoms. The number of aliphatic hydroxyl groups is 1. The van der Waals surface area contributed by atoms with E-state index in [1.54, 1.807) is 19.2 Å². The second-order valence-corrected chi connectivity index (χ2v) is 7.17. The summed E-state index contributed by atoms with van der Waals surface area (Å²) in [5.41, 5.74) is 1.54. The van der Waals surface area contributed by atoms with Crippen molar-refractivity contribution in [3.8, 4) is 23.0 Å². The Morgan fingerprint density at radius 2 is 1.71 bits per heavy atom. The van der Waals surface area contributed by atoms with Crippen molar-refractivity contribution in [1.29, 1.82) is 0 Å². The molecule has 0 saturated carbocycles. The maximum atomic E-state index is 10.3. The third kappa shape index (κ3) is 4.68. The first-order valence-electron chi connectivity index (χ1n) is 10.2. The molecule has 1 aromatic heterocycles. The van der Waals surface area contributed by atoms with Crippen molar-refractivity contribution in [3.63, 3.8) is 0 Å². The average Bonchev–Trinajstić information content (AvgIpc) is 3.18. The predicted octanol–water partition coefficient (Wildman–Crippen LogP) is 3.44. The number of H-pyrrole nitrogens is 1. The molecule has 3 aromatic carbocycles. The first-order chi connectivity index (χ1) is 15.2. The predicted molar refractivity (Wildman–Crippen MR) is 120 cm³/mol. The molecule has 0 aliphatic rings. The largest absolute Gasteiger partial charge is 0.506 e. The third-order valence-corrected chi connectivity index (χ3v) is 5.01. The van der Waals surface area contributed by atoms with Crippen LogP contribution in [0, 0.1) is 0 Å². The third-order valence-electron chi connectivity index (χ3n) is 5.01. The van der Waals surface area contributed by atoms with Crippen molar-refractivity contribution < 1.29 is 24.4 Å². The van der Waals surface area contributed by atoms with E-state index in [9.17, 15) is 10.2 Å². The number of hydrogen-bond acceptors (Lipinski definition) is 6. The van der Waals surface area contributed by atoms with Gasteiger partial charge in [-0.25, -0.2) is 0 Å². The van der Waals surface area contributed by atoms with E-state index in [0.29, 0.717) is 42.5 Å². The average molecular weight is 422 g/mol. The minimum atomic E-state index is -0.680. The molecule has 0 aliphatic carbocycles. The van der Waals surface area contributed by atoms with Crippen LogP contribution in [0.25, 0.3) is 21.8 Å². The molecular weight excluding hydrogens is 396 g/mol. The lowest BCUT2D eigenvalue weighted by molar-refractivity contribution is 0.106. The number of ether oxygens (including phenoxy) is 3. The highest BCUT2D eigenvalue weighted by molar-refractivity contribution is 6.11. The fourth-order valence-electron chi connectivity index (χ4n) is 3.53. The van der Waals surface area contributed by atoms with Crippen LogP contribution in [0.3, 0.4) is 0 Å². The first-order valence-corrected chi connectivity index (χ1v) is 10.2. The number of benzene rings is 3. The molecule has 0 spiro atoms. The van der Waals surface area contributed by atoms with E-state index < -0.39 is 6.10 Å². The Morgan fingerprint density at radius 3 is 2.55 bits per heavy atom. The Labute approximate surface area is 180 Å². The second kappa shape index (κ2) is 9.59. The topological polar surface area (TPSA) is 96.0 Å². The van der Waals surface area contributed by atoms with Crippen molar-refractivity contribution >= 4 is 21.8 Å². The van der Waals surface area contributed by atoms with Crippen LogP contribution in [-0.4, -0.2) is 54.7 Å². The lowest BCUT2D eigenvalue weighted by Crippen LogP contribution is -2.33. The first kappa shape index (κ1) is 20.8. The summed E-state index contributed by atoms with van der Waals surface area (Å²) in [6.45, 7) is 1.55. The second-order valence-electron chi connectivity index (χ2n) is 7.17. The van der Waals surface area contributed by atoms with Gasteiger partial charge in [-0.2, -0.15) is 0 Å². The van der Waals surface area contributed by atoms with Gasteiger partial charge in [-0.05, 0) is 30.3 Å². The van der Waals surface area contributed by atoms with Crippen LogP contribution < -0.4 is 19.5 Å². The summed E-state index contributed by atoms with van der Waals surface area (Å²) in [6, 6.07) is 18.5. The standard InChI is InChI=1S/C24H26N2O5/c1-29-20-9-2-3-10-21(20)30-13-12-25-14-16(27)15-31-22-11-5-7-18-23(22)17-6-4-8-19(28)24(17)26-18/h2-11,16,25-28H,12-15H2,1H3/t16-/m1/s1. The summed E-state index contributed by atoms with van der Waals surface area (Å²) >= 11 is 0. The molecule has 7 nitrogen and oxygen atoms in total. The van der Waals surface area contributed by atoms with Gasteiger partial charge in [0.25, 0.3) is 0 Å². The number of nitrogens with one attached hydrogen (secondary N) is 2. The van der Waals surface area contributed by atoms with Gasteiger partial charge in [-0.1, -0.05) is 30.3 Å². The van der Waals surface area contributed by atoms with E-state index in [1.165, 1.54) is 0 Å². The van der Waals surface area contributed by atoms with Gasteiger partial charge in [0.2, 0.25) is 0 Å². The lowest BCUT2D eigenvalue weighted by atomic mass is 10.1. The van der Waals surface area contributed by atoms with E-state index in [0.717, 1.165) is 16.3 Å². The number of methoxy groups -OCH3 is 1. The van der Waals surface area contributed by atoms with Crippen molar-refractivity contribution in [2.45, 2.75) is 6.10 Å². The number of aromatic amines is 1. The summed E-state index contributed by atoms with van der Waals surface area (Å²) in [4.78, 5) is 3.22. The lowest BCUT2D eigenvalue weighted by Gasteiger charge is -2.15. The number of phenols is 1. The molecule has 162 valence electrons. The van der Waals surface area contributed by atoms with Crippen LogP contribution in [0.1, 0.15) is 0 Å². The molecule has 7 heteroatoms. The minimum Gasteiger partial charge on any atom is -0.506 e. The summed E-state index contributed by atoms with van der Waals surface area (Å²) in [5.74, 6) is 2.23. The minimum absolute atomic E-state index is 0.144. The van der Waals surface area contributed by atoms with Crippen LogP contribution in [0.4, 0.5) is 0 Å². The maximum Gasteiger partial charge on any atom is 0.161 e. The highest BCUT2D eigenvalue weighted by Crippen LogP contribution is 2.36. The number of rotatable bonds is 10. The number of para-hydroxylation sites is 3. The number of hydrogen-bond donors (Lipinski definition) is 4. The van der Waals surface area contributed by atoms with Gasteiger partial charge in [-0.3, -0.25) is 0 Å². The number of aromatic hydroxyl groups is 1. The van der Waals surface area contributed by atoms with Crippen LogP contribution in [0.5, 0.6) is 23.0 Å². The zero-order valence-electron chi connectivity index (χ0n) is 17.3. The molecule has 0 aliphatic heterocycles. The normalized spacial score (nSPS) is 12.2. The van der Waals surface area contributed by atoms with Crippen LogP contribution >= 0.6 is 0 Å². The molecule has 1 atom stereocenters. The molecule has 0 radical (unpaired) electrons. The van der Waals surface area contributed by atoms with Gasteiger partial charge in [0, 0.05) is 23.9 Å². The molecule has 0 unspecified atom stereocenters. The van der Waals surface area contributed by atoms with Crippen LogP contribution in [0.2, 0.25) is 0 Å². The smallest absolute Gasteiger partial charge is 0.161 e. The summed E-state index contributed by atoms with van der Waals surface area (Å²) < 4.78 is 16.9. The maximum absolute atomic E-state index is 10.3. The molecule has 4 aromatic rings. The van der Waals surface area contributed by atoms with E-state index >= 15 is 0 Å². The molecule has 1 heterocycles. The zero-order valence-corrected chi connectivity index (χ0v) is 17.3. The van der Waals surface area contributed by atoms with E-state index in [-0.39, 0.29) is 12.4 Å². The summed E-state index contributed by atoms with van der Waals surface area (Å²) in [6.07, 6.45) is -0.680. The number of phenolic OH excluding ortho intramolecular Hbond substituents is 1. The van der Waals surface area contributed by atoms with Crippen LogP contribution in [-0.2, 0) is 0 Å². The Kier molecular flexibility index (Phi) is 6.45. The molecule has 4 rings (SSSR count). The fraction of sp³-hybridized carbons (Fsp3) is 0.250. The molecule has 0 saturated heterocycles. The number of aromatic nitrogens is 1. The van der Waals surface area contributed by atoms with Gasteiger partial charge in [0.1, 0.15) is 30.8 Å². The van der Waals surface area contributed by atoms with Gasteiger partial charge in [0.05, 0.1) is 18.1 Å². The van der Waals surface area contributed by atoms with E-state index in [2.05, 4.69) is 10.3 Å². The SMILES string of the molecule is COc1ccccc1OCCNC[C@@H](O)COc1cccc2[nH]c3c(O)cccc3c12. The Hall–Kier alpha value is -3.42. The fourth-order valence-corrected chi connectivity index (χ4v) is 3.53. The van der Waals surface area contributed by atoms with Gasteiger partial charge >= 0.3 is 0 Å². The quantitative estimate of drug-likeness (QED) is 0.293. The highest BCUT2D eigenvalue weighted by atomic mass is 16.5. The summed E-state index contributed by atoms with van der Waals surface area (Å²) in [7, 11) is 1.61. The van der Waals surface area contributed by atoms with Crippen molar-refractivity contribution in [1.82, 2.24) is 10.3 Å². The summed E-state index contributed by atoms with van der Waals surface area (Å²) in [5, 5.41) is 25.3. The highest BCUT2D eigenvalue weighted by Gasteiger charge is 2.13. The van der Waals surface area contributed by atoms with E-state index in [1.807, 2.05) is 48.5 Å². The number of aliphatic hydroxyl groups excluding tert-OH is 1. The number of fused-ring (bicyclic) bond motifs is 3. The molecule has 31 heavy (non-hydrogen) atoms. The van der Waals surface area contributed by atoms with Crippen molar-refractivity contribution in [2.75, 3.05) is 33.4 Å². The Bertz CT molecular complexity index is 1160.